The molecule has 0 aliphatic heterocycles. The summed E-state index contributed by atoms with van der Waals surface area (Å²) in [6.07, 6.45) is 0. The van der Waals surface area contributed by atoms with Gasteiger partial charge < -0.3 is 5.32 Å². The monoisotopic (exact) mass is 297 g/mol. The largest absolute Gasteiger partial charge is 0.350 e. The Bertz CT molecular complexity index is 518. The summed E-state index contributed by atoms with van der Waals surface area (Å²) in [7, 11) is 0. The fourth-order valence-electron chi connectivity index (χ4n) is 2.11. The smallest absolute Gasteiger partial charge is 0.272 e. The van der Waals surface area contributed by atoms with Crippen molar-refractivity contribution in [1.29, 1.82) is 0 Å². The lowest BCUT2D eigenvalue weighted by molar-refractivity contribution is -0.385. The molecule has 0 saturated carbocycles. The van der Waals surface area contributed by atoms with Gasteiger partial charge in [0.05, 0.1) is 16.6 Å². The molecule has 0 saturated heterocycles. The normalized spacial score (nSPS) is 12.2. The van der Waals surface area contributed by atoms with Crippen molar-refractivity contribution >= 4 is 11.6 Å². The molecule has 0 fully saturated rings. The molecule has 1 atom stereocenters. The summed E-state index contributed by atoms with van der Waals surface area (Å²) in [6, 6.07) is 3.13. The van der Waals surface area contributed by atoms with Gasteiger partial charge in [0.15, 0.2) is 0 Å². The Morgan fingerprint density at radius 3 is 2.52 bits per heavy atom. The van der Waals surface area contributed by atoms with E-state index in [1.807, 2.05) is 20.8 Å². The van der Waals surface area contributed by atoms with Crippen LogP contribution in [0.4, 0.5) is 10.1 Å². The van der Waals surface area contributed by atoms with Gasteiger partial charge in [0.2, 0.25) is 0 Å². The van der Waals surface area contributed by atoms with Crippen molar-refractivity contribution in [1.82, 2.24) is 10.2 Å². The summed E-state index contributed by atoms with van der Waals surface area (Å²) in [5, 5.41) is 13.2. The van der Waals surface area contributed by atoms with Crippen molar-refractivity contribution in [2.24, 2.45) is 0 Å². The van der Waals surface area contributed by atoms with Crippen LogP contribution in [0, 0.1) is 15.9 Å². The maximum Gasteiger partial charge on any atom is 0.272 e. The number of rotatable bonds is 7. The predicted molar refractivity (Wildman–Crippen MR) is 77.8 cm³/mol. The van der Waals surface area contributed by atoms with E-state index in [0.29, 0.717) is 6.54 Å². The molecule has 0 aliphatic rings. The Morgan fingerprint density at radius 2 is 2.05 bits per heavy atom. The molecule has 0 aliphatic carbocycles. The third-order valence-corrected chi connectivity index (χ3v) is 3.40. The SMILES string of the molecule is CCN(CC)C(C)CNC(=O)c1ccc([N+](=O)[O-])cc1F. The standard InChI is InChI=1S/C14H20FN3O3/c1-4-17(5-2)10(3)9-16-14(19)12-7-6-11(18(20)21)8-13(12)15/h6-8,10H,4-5,9H2,1-3H3,(H,16,19). The first kappa shape index (κ1) is 17.0. The van der Waals surface area contributed by atoms with Gasteiger partial charge in [0.25, 0.3) is 11.6 Å². The number of halogens is 1. The summed E-state index contributed by atoms with van der Waals surface area (Å²) in [5.74, 6) is -1.46. The van der Waals surface area contributed by atoms with Gasteiger partial charge in [-0.1, -0.05) is 13.8 Å². The molecule has 0 radical (unpaired) electrons. The molecule has 1 amide bonds. The molecule has 21 heavy (non-hydrogen) atoms. The molecule has 1 unspecified atom stereocenters. The predicted octanol–water partition coefficient (Wildman–Crippen LogP) is 2.19. The summed E-state index contributed by atoms with van der Waals surface area (Å²) in [6.45, 7) is 8.13. The number of nitrogens with zero attached hydrogens (tertiary/aromatic N) is 2. The molecule has 1 rings (SSSR count). The summed E-state index contributed by atoms with van der Waals surface area (Å²) in [4.78, 5) is 23.9. The average Bonchev–Trinajstić information content (AvgIpc) is 2.45. The minimum absolute atomic E-state index is 0.130. The maximum absolute atomic E-state index is 13.7. The van der Waals surface area contributed by atoms with E-state index in [4.69, 9.17) is 0 Å². The van der Waals surface area contributed by atoms with Crippen molar-refractivity contribution < 1.29 is 14.1 Å². The second-order valence-corrected chi connectivity index (χ2v) is 4.70. The molecular formula is C14H20FN3O3. The van der Waals surface area contributed by atoms with Crippen LogP contribution in [0.25, 0.3) is 0 Å². The zero-order valence-electron chi connectivity index (χ0n) is 12.4. The molecule has 0 bridgehead atoms. The number of nitro groups is 1. The Morgan fingerprint density at radius 1 is 1.43 bits per heavy atom. The number of hydrogen-bond acceptors (Lipinski definition) is 4. The van der Waals surface area contributed by atoms with Crippen molar-refractivity contribution in [3.05, 3.63) is 39.7 Å². The number of nitrogens with one attached hydrogen (secondary N) is 1. The maximum atomic E-state index is 13.7. The van der Waals surface area contributed by atoms with Gasteiger partial charge in [-0.15, -0.1) is 0 Å². The summed E-state index contributed by atoms with van der Waals surface area (Å²) < 4.78 is 13.7. The highest BCUT2D eigenvalue weighted by Crippen LogP contribution is 2.16. The van der Waals surface area contributed by atoms with Crippen LogP contribution in [0.3, 0.4) is 0 Å². The van der Waals surface area contributed by atoms with Crippen molar-refractivity contribution in [2.75, 3.05) is 19.6 Å². The van der Waals surface area contributed by atoms with Crippen LogP contribution in [-0.4, -0.2) is 41.4 Å². The number of amides is 1. The Kier molecular flexibility index (Phi) is 6.23. The third-order valence-electron chi connectivity index (χ3n) is 3.40. The molecule has 116 valence electrons. The van der Waals surface area contributed by atoms with Crippen molar-refractivity contribution in [3.8, 4) is 0 Å². The van der Waals surface area contributed by atoms with E-state index in [-0.39, 0.29) is 17.3 Å². The van der Waals surface area contributed by atoms with E-state index in [0.717, 1.165) is 31.3 Å². The first-order valence-corrected chi connectivity index (χ1v) is 6.86. The molecule has 0 spiro atoms. The van der Waals surface area contributed by atoms with Gasteiger partial charge >= 0.3 is 0 Å². The van der Waals surface area contributed by atoms with Crippen LogP contribution in [0.5, 0.6) is 0 Å². The minimum atomic E-state index is -0.891. The molecular weight excluding hydrogens is 277 g/mol. The van der Waals surface area contributed by atoms with Crippen LogP contribution in [-0.2, 0) is 0 Å². The summed E-state index contributed by atoms with van der Waals surface area (Å²) in [5.41, 5.74) is -0.562. The fourth-order valence-corrected chi connectivity index (χ4v) is 2.11. The lowest BCUT2D eigenvalue weighted by atomic mass is 10.1. The van der Waals surface area contributed by atoms with Crippen molar-refractivity contribution in [3.63, 3.8) is 0 Å². The zero-order chi connectivity index (χ0) is 16.0. The van der Waals surface area contributed by atoms with E-state index in [2.05, 4.69) is 10.2 Å². The van der Waals surface area contributed by atoms with Crippen LogP contribution in [0.15, 0.2) is 18.2 Å². The first-order valence-electron chi connectivity index (χ1n) is 6.86. The van der Waals surface area contributed by atoms with Gasteiger partial charge in [0.1, 0.15) is 5.82 Å². The van der Waals surface area contributed by atoms with E-state index < -0.39 is 16.6 Å². The number of carbonyl (C=O) groups is 1. The molecule has 1 N–H and O–H groups in total. The van der Waals surface area contributed by atoms with Crippen LogP contribution < -0.4 is 5.32 Å². The lowest BCUT2D eigenvalue weighted by Crippen LogP contribution is -2.42. The second-order valence-electron chi connectivity index (χ2n) is 4.70. The summed E-state index contributed by atoms with van der Waals surface area (Å²) >= 11 is 0. The number of carbonyl (C=O) groups excluding carboxylic acids is 1. The Labute approximate surface area is 123 Å². The molecule has 7 heteroatoms. The highest BCUT2D eigenvalue weighted by molar-refractivity contribution is 5.94. The molecule has 0 heterocycles. The highest BCUT2D eigenvalue weighted by atomic mass is 19.1. The zero-order valence-corrected chi connectivity index (χ0v) is 12.4. The number of hydrogen-bond donors (Lipinski definition) is 1. The van der Waals surface area contributed by atoms with Crippen molar-refractivity contribution in [2.45, 2.75) is 26.8 Å². The fraction of sp³-hybridized carbons (Fsp3) is 0.500. The van der Waals surface area contributed by atoms with Gasteiger partial charge in [-0.3, -0.25) is 19.8 Å². The second kappa shape index (κ2) is 7.68. The minimum Gasteiger partial charge on any atom is -0.350 e. The topological polar surface area (TPSA) is 75.5 Å². The average molecular weight is 297 g/mol. The van der Waals surface area contributed by atoms with E-state index >= 15 is 0 Å². The first-order chi connectivity index (χ1) is 9.90. The van der Waals surface area contributed by atoms with E-state index in [1.165, 1.54) is 0 Å². The van der Waals surface area contributed by atoms with Gasteiger partial charge in [0, 0.05) is 18.7 Å². The third kappa shape index (κ3) is 4.49. The molecule has 1 aromatic carbocycles. The van der Waals surface area contributed by atoms with Crippen LogP contribution in [0.1, 0.15) is 31.1 Å². The molecule has 1 aromatic rings. The quantitative estimate of drug-likeness (QED) is 0.618. The van der Waals surface area contributed by atoms with Gasteiger partial charge in [-0.2, -0.15) is 0 Å². The lowest BCUT2D eigenvalue weighted by Gasteiger charge is -2.26. The van der Waals surface area contributed by atoms with Crippen LogP contribution in [0.2, 0.25) is 0 Å². The molecule has 6 nitrogen and oxygen atoms in total. The number of nitro benzene ring substituents is 1. The van der Waals surface area contributed by atoms with Gasteiger partial charge in [-0.05, 0) is 26.1 Å². The Balaban J connectivity index is 2.70. The van der Waals surface area contributed by atoms with Gasteiger partial charge in [-0.25, -0.2) is 4.39 Å². The number of likely N-dealkylation sites (N-methyl/N-ethyl adjacent to an activating group) is 1. The number of non-ortho nitro benzene ring substituents is 1. The number of benzene rings is 1. The van der Waals surface area contributed by atoms with E-state index in [1.54, 1.807) is 0 Å². The van der Waals surface area contributed by atoms with Crippen LogP contribution >= 0.6 is 0 Å². The Hall–Kier alpha value is -2.02. The highest BCUT2D eigenvalue weighted by Gasteiger charge is 2.17. The molecule has 0 aromatic heterocycles. The van der Waals surface area contributed by atoms with E-state index in [9.17, 15) is 19.3 Å².